The first-order chi connectivity index (χ1) is 0. The van der Waals surface area contributed by atoms with E-state index in [0.717, 1.165) is 0 Å². The van der Waals surface area contributed by atoms with Crippen LogP contribution in [0.3, 0.4) is 0 Å². The normalized spacial score (nSPS) is 0. The molecular weight excluding hydrogens is 1080 g/mol. The maximum absolute atomic E-state index is 0. The van der Waals surface area contributed by atoms with Crippen molar-refractivity contribution in [2.45, 2.75) is 0 Å². The molecule has 0 aromatic heterocycles. The molecule has 0 rings (SSSR count). The topological polar surface area (TPSA) is 0 Å². The molecule has 0 nitrogen and oxygen atoms in total. The minimum absolute atomic E-state index is 0. The SMILES string of the molecule is [Ag].[Al].[As].[BaH2].[BeH2].[Cd].[Co].[Fe].[Hg].[KH].[MgH2].[Pd].[SbH]. The van der Waals surface area contributed by atoms with E-state index in [4.69, 9.17) is 0 Å². The summed E-state index contributed by atoms with van der Waals surface area (Å²) in [5, 5.41) is 0. The molecule has 0 aliphatic carbocycles. The number of hydrogen-bond acceptors (Lipinski definition) is 0. The van der Waals surface area contributed by atoms with Gasteiger partial charge in [0, 0.05) is 167 Å². The van der Waals surface area contributed by atoms with Crippen LogP contribution in [0.2, 0.25) is 0 Å². The van der Waals surface area contributed by atoms with Gasteiger partial charge in [-0.2, -0.15) is 0 Å². The van der Waals surface area contributed by atoms with Gasteiger partial charge < -0.3 is 0 Å². The molecule has 0 fully saturated rings. The monoisotopic (exact) mass is 1080 g/mol. The van der Waals surface area contributed by atoms with Gasteiger partial charge in [0.1, 0.15) is 0 Å². The Kier molecular flexibility index (Phi) is 798. The van der Waals surface area contributed by atoms with Crippen molar-refractivity contribution in [2.24, 2.45) is 0 Å². The second-order valence-electron chi connectivity index (χ2n) is 0. The Morgan fingerprint density at radius 3 is 1.00 bits per heavy atom. The summed E-state index contributed by atoms with van der Waals surface area (Å²) in [6.07, 6.45) is 0. The third kappa shape index (κ3) is 86.5. The first kappa shape index (κ1) is 109. The molecule has 0 N–H and O–H groups in total. The van der Waals surface area contributed by atoms with Crippen molar-refractivity contribution in [3.63, 3.8) is 0 Å². The first-order valence-electron chi connectivity index (χ1n) is 0. The van der Waals surface area contributed by atoms with E-state index in [-0.39, 0.29) is 325 Å². The van der Waals surface area contributed by atoms with E-state index in [0.29, 0.717) is 0 Å². The molecule has 0 bridgehead atoms. The Hall–Kier alpha value is 10.3. The molecule has 0 aromatic carbocycles. The van der Waals surface area contributed by atoms with Crippen molar-refractivity contribution < 1.29 is 132 Å². The fourth-order valence-electron chi connectivity index (χ4n) is 0. The van der Waals surface area contributed by atoms with E-state index in [1.807, 2.05) is 0 Å². The number of hydrogen-bond donors (Lipinski definition) is 0. The minimum atomic E-state index is 0. The maximum atomic E-state index is 0. The van der Waals surface area contributed by atoms with Crippen LogP contribution in [0.5, 0.6) is 0 Å². The molecule has 0 aliphatic rings. The van der Waals surface area contributed by atoms with Crippen molar-refractivity contribution >= 4 is 193 Å². The van der Waals surface area contributed by atoms with Crippen molar-refractivity contribution in [3.8, 4) is 0 Å². The van der Waals surface area contributed by atoms with Gasteiger partial charge in [-0.3, -0.25) is 0 Å². The second kappa shape index (κ2) is 95.2. The van der Waals surface area contributed by atoms with Crippen molar-refractivity contribution in [1.82, 2.24) is 0 Å². The third-order valence-corrected chi connectivity index (χ3v) is 0. The van der Waals surface area contributed by atoms with Crippen molar-refractivity contribution in [1.29, 1.82) is 0 Å². The zero-order valence-corrected chi connectivity index (χ0v) is 24.8. The summed E-state index contributed by atoms with van der Waals surface area (Å²) in [4.78, 5) is 0. The Bertz CT molecular complexity index is 48.1. The van der Waals surface area contributed by atoms with E-state index in [1.165, 1.54) is 0 Å². The summed E-state index contributed by atoms with van der Waals surface area (Å²) in [6, 6.07) is 0. The van der Waals surface area contributed by atoms with Crippen LogP contribution in [0.1, 0.15) is 0 Å². The van der Waals surface area contributed by atoms with Gasteiger partial charge >= 0.3 is 158 Å². The van der Waals surface area contributed by atoms with Crippen molar-refractivity contribution in [2.75, 3.05) is 0 Å². The summed E-state index contributed by atoms with van der Waals surface area (Å²) in [5.41, 5.74) is 0. The molecule has 70 valence electrons. The molecular formula is H8AgAlAsBaBeCdCoFeHgKMgPdSb. The van der Waals surface area contributed by atoms with E-state index in [2.05, 4.69) is 0 Å². The molecule has 0 saturated heterocycles. The molecule has 0 aromatic rings. The Balaban J connectivity index is 0. The molecule has 0 spiro atoms. The van der Waals surface area contributed by atoms with Crippen LogP contribution in [0, 0.1) is 0 Å². The Morgan fingerprint density at radius 1 is 1.00 bits per heavy atom. The summed E-state index contributed by atoms with van der Waals surface area (Å²) < 4.78 is 0. The van der Waals surface area contributed by atoms with Gasteiger partial charge in [-0.15, -0.1) is 0 Å². The fourth-order valence-corrected chi connectivity index (χ4v) is 0. The van der Waals surface area contributed by atoms with Gasteiger partial charge in [-0.05, 0) is 0 Å². The first-order valence-corrected chi connectivity index (χ1v) is 0. The average Bonchev–Trinajstić information content (AvgIpc) is 0. The molecule has 0 unspecified atom stereocenters. The Labute approximate surface area is 314 Å². The molecule has 0 atom stereocenters. The van der Waals surface area contributed by atoms with Crippen LogP contribution >= 0.6 is 0 Å². The molecule has 0 aliphatic heterocycles. The molecule has 0 heterocycles. The van der Waals surface area contributed by atoms with Gasteiger partial charge in [-0.1, -0.05) is 0 Å². The quantitative estimate of drug-likeness (QED) is 0.214. The van der Waals surface area contributed by atoms with Crippen LogP contribution in [-0.4, -0.2) is 193 Å². The fraction of sp³-hybridized carbons (Fsp3) is 0. The molecule has 13 heteroatoms. The summed E-state index contributed by atoms with van der Waals surface area (Å²) in [7, 11) is 0. The predicted octanol–water partition coefficient (Wildman–Crippen LogP) is -4.82. The third-order valence-electron chi connectivity index (χ3n) is 0. The van der Waals surface area contributed by atoms with Crippen LogP contribution in [0.25, 0.3) is 0 Å². The van der Waals surface area contributed by atoms with Crippen LogP contribution < -0.4 is 0 Å². The zero-order valence-electron chi connectivity index (χ0n) is 4.24. The molecule has 0 amide bonds. The van der Waals surface area contributed by atoms with E-state index < -0.39 is 0 Å². The van der Waals surface area contributed by atoms with E-state index in [9.17, 15) is 0 Å². The summed E-state index contributed by atoms with van der Waals surface area (Å²) in [6.45, 7) is 0. The average molecular weight is 1080 g/mol. The van der Waals surface area contributed by atoms with Gasteiger partial charge in [0.25, 0.3) is 0 Å². The van der Waals surface area contributed by atoms with E-state index >= 15 is 0 Å². The van der Waals surface area contributed by atoms with Crippen LogP contribution in [-0.2, 0) is 132 Å². The van der Waals surface area contributed by atoms with E-state index in [1.54, 1.807) is 0 Å². The summed E-state index contributed by atoms with van der Waals surface area (Å²) >= 11 is 0. The number of rotatable bonds is 0. The van der Waals surface area contributed by atoms with Crippen LogP contribution in [0.4, 0.5) is 0 Å². The van der Waals surface area contributed by atoms with Crippen LogP contribution in [0.15, 0.2) is 0 Å². The standard InChI is InChI=1S/Ag.Al.As.Ba.Be.Cd.Co.Fe.Hg.K.Mg.Pd.Sb.8H. The molecule has 10 radical (unpaired) electrons. The van der Waals surface area contributed by atoms with Gasteiger partial charge in [0.05, 0.1) is 0 Å². The van der Waals surface area contributed by atoms with Crippen molar-refractivity contribution in [3.05, 3.63) is 0 Å². The van der Waals surface area contributed by atoms with Gasteiger partial charge in [0.2, 0.25) is 0 Å². The van der Waals surface area contributed by atoms with Gasteiger partial charge in [-0.25, -0.2) is 0 Å². The molecule has 0 saturated carbocycles. The molecule has 13 heavy (non-hydrogen) atoms. The van der Waals surface area contributed by atoms with Gasteiger partial charge in [0.15, 0.2) is 0 Å². The second-order valence-corrected chi connectivity index (χ2v) is 0. The Morgan fingerprint density at radius 2 is 1.00 bits per heavy atom. The predicted molar refractivity (Wildman–Crippen MR) is 51.4 cm³/mol. The zero-order chi connectivity index (χ0) is 0. The summed E-state index contributed by atoms with van der Waals surface area (Å²) in [5.74, 6) is 0.